The lowest BCUT2D eigenvalue weighted by molar-refractivity contribution is -0.145. The van der Waals surface area contributed by atoms with Crippen LogP contribution in [0, 0.1) is 20.8 Å². The lowest BCUT2D eigenvalue weighted by atomic mass is 10.0. The number of benzene rings is 1. The van der Waals surface area contributed by atoms with E-state index in [1.165, 1.54) is 4.90 Å². The molecule has 0 fully saturated rings. The standard InChI is InChI=1S/C36H48ClF3N6O5Si/c1-21-31(30-22(2)44-50-23(30)3)42-32(43-33(21)46-17-24-11-13-45(16-25(24)18-46)20-36(38,39)40)28-15-26(9-10-29(28)37)49-19-27(12-14-48-34(41)47)51-52(7,8)35(4,5)6/h9-10,15,27H,11-14,16-20H2,1-8H3,(H2,41,47)/t27-/m1/s1. The van der Waals surface area contributed by atoms with Crippen molar-refractivity contribution >= 4 is 31.8 Å². The number of aromatic nitrogens is 3. The second-order valence-corrected chi connectivity index (χ2v) is 20.3. The van der Waals surface area contributed by atoms with Crippen LogP contribution in [-0.2, 0) is 9.16 Å². The van der Waals surface area contributed by atoms with E-state index in [-0.39, 0.29) is 30.9 Å². The number of carbonyl (C=O) groups excluding carboxylic acids is 1. The number of hydrogen-bond donors (Lipinski definition) is 1. The number of ether oxygens (including phenoxy) is 2. The Bertz CT molecular complexity index is 1810. The summed E-state index contributed by atoms with van der Waals surface area (Å²) in [7, 11) is -2.22. The fourth-order valence-electron chi connectivity index (χ4n) is 6.35. The van der Waals surface area contributed by atoms with Crippen molar-refractivity contribution in [1.82, 2.24) is 20.0 Å². The molecule has 0 unspecified atom stereocenters. The molecule has 2 N–H and O–H groups in total. The number of carbonyl (C=O) groups is 1. The maximum atomic E-state index is 13.2. The zero-order chi connectivity index (χ0) is 38.2. The first-order chi connectivity index (χ1) is 24.2. The molecule has 0 saturated heterocycles. The van der Waals surface area contributed by atoms with Crippen molar-refractivity contribution < 1.29 is 36.4 Å². The Morgan fingerprint density at radius 1 is 1.10 bits per heavy atom. The van der Waals surface area contributed by atoms with Gasteiger partial charge in [0.2, 0.25) is 0 Å². The van der Waals surface area contributed by atoms with Gasteiger partial charge in [0.05, 0.1) is 41.2 Å². The molecule has 16 heteroatoms. The Hall–Kier alpha value is -3.66. The Balaban J connectivity index is 1.46. The average molecular weight is 765 g/mol. The third-order valence-electron chi connectivity index (χ3n) is 10.1. The van der Waals surface area contributed by atoms with Crippen molar-refractivity contribution in [2.75, 3.05) is 50.8 Å². The van der Waals surface area contributed by atoms with Crippen LogP contribution in [0.2, 0.25) is 23.2 Å². The summed E-state index contributed by atoms with van der Waals surface area (Å²) in [5.74, 6) is 2.09. The van der Waals surface area contributed by atoms with Crippen molar-refractivity contribution in [3.8, 4) is 28.4 Å². The summed E-state index contributed by atoms with van der Waals surface area (Å²) in [4.78, 5) is 24.9. The second kappa shape index (κ2) is 15.4. The average Bonchev–Trinajstić information content (AvgIpc) is 3.60. The van der Waals surface area contributed by atoms with Gasteiger partial charge in [-0.05, 0) is 74.7 Å². The minimum Gasteiger partial charge on any atom is -0.491 e. The van der Waals surface area contributed by atoms with Crippen molar-refractivity contribution in [1.29, 1.82) is 0 Å². The van der Waals surface area contributed by atoms with Gasteiger partial charge in [-0.25, -0.2) is 14.8 Å². The Labute approximate surface area is 308 Å². The molecule has 4 heterocycles. The van der Waals surface area contributed by atoms with Gasteiger partial charge in [0, 0.05) is 43.7 Å². The van der Waals surface area contributed by atoms with Gasteiger partial charge in [0.15, 0.2) is 14.1 Å². The number of aryl methyl sites for hydroxylation is 2. The van der Waals surface area contributed by atoms with Crippen molar-refractivity contribution in [3.05, 3.63) is 51.4 Å². The summed E-state index contributed by atoms with van der Waals surface area (Å²) < 4.78 is 63.1. The van der Waals surface area contributed by atoms with E-state index in [0.717, 1.165) is 22.3 Å². The fourth-order valence-corrected chi connectivity index (χ4v) is 7.93. The van der Waals surface area contributed by atoms with Crippen molar-refractivity contribution in [2.24, 2.45) is 5.73 Å². The zero-order valence-corrected chi connectivity index (χ0v) is 32.8. The molecule has 1 atom stereocenters. The number of hydrogen-bond acceptors (Lipinski definition) is 10. The molecular formula is C36H48ClF3N6O5Si. The highest BCUT2D eigenvalue weighted by Crippen LogP contribution is 2.40. The molecule has 284 valence electrons. The zero-order valence-electron chi connectivity index (χ0n) is 31.0. The number of nitrogens with zero attached hydrogens (tertiary/aromatic N) is 5. The SMILES string of the molecule is Cc1noc(C)c1-c1nc(-c2cc(OC[C@@H](CCOC(N)=O)O[Si](C)(C)C(C)(C)C)ccc2Cl)nc(N2CC3=C(CN(CC(F)(F)F)CC3)C2)c1C. The normalized spacial score (nSPS) is 16.3. The van der Waals surface area contributed by atoms with Crippen molar-refractivity contribution in [2.45, 2.75) is 84.8 Å². The largest absolute Gasteiger partial charge is 0.491 e. The Morgan fingerprint density at radius 2 is 1.81 bits per heavy atom. The topological polar surface area (TPSA) is 129 Å². The fraction of sp³-hybridized carbons (Fsp3) is 0.556. The number of anilines is 1. The molecule has 1 aromatic carbocycles. The minimum absolute atomic E-state index is 0.0603. The molecule has 5 rings (SSSR count). The van der Waals surface area contributed by atoms with Crippen LogP contribution in [0.25, 0.3) is 22.6 Å². The van der Waals surface area contributed by atoms with Crippen LogP contribution in [0.3, 0.4) is 0 Å². The van der Waals surface area contributed by atoms with E-state index in [1.54, 1.807) is 18.2 Å². The van der Waals surface area contributed by atoms with Gasteiger partial charge in [-0.3, -0.25) is 4.90 Å². The number of rotatable bonds is 12. The van der Waals surface area contributed by atoms with Crippen LogP contribution < -0.4 is 15.4 Å². The number of alkyl halides is 3. The van der Waals surface area contributed by atoms with Crippen LogP contribution in [0.5, 0.6) is 5.75 Å². The highest BCUT2D eigenvalue weighted by molar-refractivity contribution is 6.74. The summed E-state index contributed by atoms with van der Waals surface area (Å²) in [6.07, 6.45) is -4.53. The first-order valence-electron chi connectivity index (χ1n) is 17.3. The maximum absolute atomic E-state index is 13.2. The molecule has 2 aliphatic heterocycles. The molecule has 2 aliphatic rings. The predicted octanol–water partition coefficient (Wildman–Crippen LogP) is 8.02. The first kappa shape index (κ1) is 39.5. The summed E-state index contributed by atoms with van der Waals surface area (Å²) in [6, 6.07) is 5.25. The second-order valence-electron chi connectivity index (χ2n) is 15.1. The van der Waals surface area contributed by atoms with Crippen LogP contribution in [0.1, 0.15) is 50.6 Å². The molecule has 0 bridgehead atoms. The van der Waals surface area contributed by atoms with Gasteiger partial charge in [0.25, 0.3) is 0 Å². The molecule has 0 spiro atoms. The number of halogens is 4. The number of amides is 1. The summed E-state index contributed by atoms with van der Waals surface area (Å²) in [5, 5.41) is 4.50. The highest BCUT2D eigenvalue weighted by Gasteiger charge is 2.40. The molecule has 11 nitrogen and oxygen atoms in total. The van der Waals surface area contributed by atoms with Gasteiger partial charge in [0.1, 0.15) is 23.9 Å². The summed E-state index contributed by atoms with van der Waals surface area (Å²) in [6.45, 7) is 17.3. The Kier molecular flexibility index (Phi) is 11.7. The first-order valence-corrected chi connectivity index (χ1v) is 20.6. The maximum Gasteiger partial charge on any atom is 0.404 e. The van der Waals surface area contributed by atoms with E-state index in [9.17, 15) is 18.0 Å². The molecule has 0 saturated carbocycles. The third-order valence-corrected chi connectivity index (χ3v) is 14.9. The van der Waals surface area contributed by atoms with Crippen LogP contribution in [0.15, 0.2) is 33.9 Å². The van der Waals surface area contributed by atoms with Gasteiger partial charge in [-0.2, -0.15) is 13.2 Å². The predicted molar refractivity (Wildman–Crippen MR) is 196 cm³/mol. The molecule has 1 amide bonds. The van der Waals surface area contributed by atoms with E-state index >= 15 is 0 Å². The van der Waals surface area contributed by atoms with E-state index in [0.29, 0.717) is 77.6 Å². The molecule has 52 heavy (non-hydrogen) atoms. The van der Waals surface area contributed by atoms with E-state index in [2.05, 4.69) is 43.9 Å². The van der Waals surface area contributed by atoms with E-state index in [1.807, 2.05) is 20.8 Å². The van der Waals surface area contributed by atoms with Gasteiger partial charge < -0.3 is 29.1 Å². The molecular weight excluding hydrogens is 717 g/mol. The van der Waals surface area contributed by atoms with Crippen molar-refractivity contribution in [3.63, 3.8) is 0 Å². The molecule has 0 aliphatic carbocycles. The van der Waals surface area contributed by atoms with E-state index < -0.39 is 27.1 Å². The van der Waals surface area contributed by atoms with Crippen LogP contribution >= 0.6 is 11.6 Å². The van der Waals surface area contributed by atoms with Crippen LogP contribution in [-0.4, -0.2) is 92.7 Å². The van der Waals surface area contributed by atoms with Crippen LogP contribution in [0.4, 0.5) is 23.8 Å². The lowest BCUT2D eigenvalue weighted by Gasteiger charge is -2.39. The summed E-state index contributed by atoms with van der Waals surface area (Å²) in [5.41, 5.74) is 10.7. The van der Waals surface area contributed by atoms with Gasteiger partial charge >= 0.3 is 12.3 Å². The monoisotopic (exact) mass is 764 g/mol. The number of nitrogens with two attached hydrogens (primary N) is 1. The Morgan fingerprint density at radius 3 is 2.44 bits per heavy atom. The molecule has 0 radical (unpaired) electrons. The molecule has 2 aromatic heterocycles. The van der Waals surface area contributed by atoms with Gasteiger partial charge in [-0.1, -0.05) is 37.5 Å². The molecule has 3 aromatic rings. The minimum atomic E-state index is -4.26. The number of primary amides is 1. The summed E-state index contributed by atoms with van der Waals surface area (Å²) >= 11 is 6.82. The third kappa shape index (κ3) is 9.27. The van der Waals surface area contributed by atoms with Gasteiger partial charge in [-0.15, -0.1) is 0 Å². The quantitative estimate of drug-likeness (QED) is 0.143. The highest BCUT2D eigenvalue weighted by atomic mass is 35.5. The van der Waals surface area contributed by atoms with E-state index in [4.69, 9.17) is 45.7 Å². The lowest BCUT2D eigenvalue weighted by Crippen LogP contribution is -2.45. The smallest absolute Gasteiger partial charge is 0.404 e.